The van der Waals surface area contributed by atoms with Crippen LogP contribution in [0.15, 0.2) is 23.8 Å². The molecule has 1 unspecified atom stereocenters. The first-order valence-electron chi connectivity index (χ1n) is 5.70. The van der Waals surface area contributed by atoms with Crippen LogP contribution in [0.3, 0.4) is 0 Å². The summed E-state index contributed by atoms with van der Waals surface area (Å²) in [6.07, 6.45) is 9.91. The Morgan fingerprint density at radius 3 is 2.64 bits per heavy atom. The summed E-state index contributed by atoms with van der Waals surface area (Å²) in [5.41, 5.74) is 1.20. The molecule has 0 spiro atoms. The van der Waals surface area contributed by atoms with Crippen molar-refractivity contribution in [2.24, 2.45) is 5.92 Å². The highest BCUT2D eigenvalue weighted by molar-refractivity contribution is 5.40. The Kier molecular flexibility index (Phi) is 8.04. The van der Waals surface area contributed by atoms with E-state index in [-0.39, 0.29) is 0 Å². The zero-order valence-corrected chi connectivity index (χ0v) is 9.93. The van der Waals surface area contributed by atoms with Crippen molar-refractivity contribution >= 4 is 0 Å². The molecule has 0 aromatic rings. The van der Waals surface area contributed by atoms with Crippen molar-refractivity contribution in [3.05, 3.63) is 23.8 Å². The van der Waals surface area contributed by atoms with E-state index in [1.807, 2.05) is 13.8 Å². The molecule has 0 N–H and O–H groups in total. The molecule has 0 heterocycles. The van der Waals surface area contributed by atoms with Crippen molar-refractivity contribution in [3.63, 3.8) is 0 Å². The third-order valence-electron chi connectivity index (χ3n) is 1.92. The quantitative estimate of drug-likeness (QED) is 0.540. The topological polar surface area (TPSA) is 0 Å². The van der Waals surface area contributed by atoms with Crippen LogP contribution in [0.1, 0.15) is 47.0 Å². The molecule has 0 saturated heterocycles. The molecule has 78 valence electrons. The lowest BCUT2D eigenvalue weighted by atomic mass is 9.99. The van der Waals surface area contributed by atoms with Gasteiger partial charge in [0.15, 0.2) is 0 Å². The fourth-order valence-corrected chi connectivity index (χ4v) is 1.11. The fraction of sp³-hybridized carbons (Fsp3) is 0.571. The first-order chi connectivity index (χ1) is 6.83. The summed E-state index contributed by atoms with van der Waals surface area (Å²) in [5.74, 6) is 7.01. The molecule has 0 bridgehead atoms. The largest absolute Gasteiger partial charge is 0.0979 e. The second-order valence-electron chi connectivity index (χ2n) is 3.28. The highest BCUT2D eigenvalue weighted by atomic mass is 14.0. The molecular weight excluding hydrogens is 168 g/mol. The molecule has 0 saturated carbocycles. The molecular formula is C14H22. The van der Waals surface area contributed by atoms with Gasteiger partial charge in [0.05, 0.1) is 0 Å². The molecule has 0 nitrogen and oxygen atoms in total. The number of rotatable bonds is 1. The number of hydrogen-bond acceptors (Lipinski definition) is 0. The van der Waals surface area contributed by atoms with Crippen LogP contribution in [0.25, 0.3) is 0 Å². The van der Waals surface area contributed by atoms with Crippen molar-refractivity contribution in [3.8, 4) is 11.8 Å². The third-order valence-corrected chi connectivity index (χ3v) is 1.92. The highest BCUT2D eigenvalue weighted by Crippen LogP contribution is 2.14. The molecule has 0 aromatic heterocycles. The lowest BCUT2D eigenvalue weighted by Crippen LogP contribution is -1.92. The number of hydrogen-bond donors (Lipinski definition) is 0. The van der Waals surface area contributed by atoms with Gasteiger partial charge in [-0.2, -0.15) is 0 Å². The van der Waals surface area contributed by atoms with Crippen molar-refractivity contribution < 1.29 is 0 Å². The van der Waals surface area contributed by atoms with E-state index in [9.17, 15) is 0 Å². The molecule has 0 aromatic carbocycles. The van der Waals surface area contributed by atoms with Crippen LogP contribution in [0.2, 0.25) is 0 Å². The monoisotopic (exact) mass is 190 g/mol. The van der Waals surface area contributed by atoms with Gasteiger partial charge in [-0.3, -0.25) is 0 Å². The number of unbranched alkanes of at least 4 members (excludes halogenated alkanes) is 1. The van der Waals surface area contributed by atoms with Gasteiger partial charge in [0.1, 0.15) is 0 Å². The van der Waals surface area contributed by atoms with Gasteiger partial charge in [-0.25, -0.2) is 0 Å². The van der Waals surface area contributed by atoms with Crippen LogP contribution in [-0.4, -0.2) is 0 Å². The molecule has 1 rings (SSSR count). The Balaban J connectivity index is 0.000000791. The lowest BCUT2D eigenvalue weighted by molar-refractivity contribution is 0.734. The zero-order valence-electron chi connectivity index (χ0n) is 9.93. The van der Waals surface area contributed by atoms with Gasteiger partial charge in [0, 0.05) is 12.0 Å². The predicted molar refractivity (Wildman–Crippen MR) is 65.0 cm³/mol. The summed E-state index contributed by atoms with van der Waals surface area (Å²) in [7, 11) is 0. The average molecular weight is 190 g/mol. The summed E-state index contributed by atoms with van der Waals surface area (Å²) in [4.78, 5) is 0. The molecule has 1 atom stereocenters. The van der Waals surface area contributed by atoms with E-state index >= 15 is 0 Å². The van der Waals surface area contributed by atoms with Crippen LogP contribution in [0.4, 0.5) is 0 Å². The maximum absolute atomic E-state index is 3.17. The average Bonchev–Trinajstić information content (AvgIpc) is 2.24. The Morgan fingerprint density at radius 2 is 2.14 bits per heavy atom. The van der Waals surface area contributed by atoms with Crippen LogP contribution in [-0.2, 0) is 0 Å². The minimum absolute atomic E-state index is 0.696. The van der Waals surface area contributed by atoms with Gasteiger partial charge in [-0.1, -0.05) is 57.8 Å². The minimum Gasteiger partial charge on any atom is -0.0979 e. The summed E-state index contributed by atoms with van der Waals surface area (Å²) in [6.45, 7) is 8.38. The van der Waals surface area contributed by atoms with Crippen molar-refractivity contribution in [1.29, 1.82) is 0 Å². The predicted octanol–water partition coefficient (Wildman–Crippen LogP) is 4.34. The first-order valence-corrected chi connectivity index (χ1v) is 5.70. The van der Waals surface area contributed by atoms with Gasteiger partial charge in [-0.15, -0.1) is 0 Å². The lowest BCUT2D eigenvalue weighted by Gasteiger charge is -2.06. The molecule has 0 amide bonds. The summed E-state index contributed by atoms with van der Waals surface area (Å²) in [6, 6.07) is 0. The van der Waals surface area contributed by atoms with E-state index < -0.39 is 0 Å². The second kappa shape index (κ2) is 8.63. The third kappa shape index (κ3) is 5.65. The summed E-state index contributed by atoms with van der Waals surface area (Å²) >= 11 is 0. The molecule has 1 aliphatic rings. The van der Waals surface area contributed by atoms with Gasteiger partial charge in [0.2, 0.25) is 0 Å². The van der Waals surface area contributed by atoms with E-state index in [0.717, 1.165) is 19.3 Å². The zero-order chi connectivity index (χ0) is 10.8. The molecule has 0 fully saturated rings. The summed E-state index contributed by atoms with van der Waals surface area (Å²) in [5, 5.41) is 0. The van der Waals surface area contributed by atoms with E-state index in [0.29, 0.717) is 5.92 Å². The van der Waals surface area contributed by atoms with Gasteiger partial charge >= 0.3 is 0 Å². The second-order valence-corrected chi connectivity index (χ2v) is 3.28. The smallest absolute Gasteiger partial charge is 0.0202 e. The minimum atomic E-state index is 0.696. The Morgan fingerprint density at radius 1 is 1.43 bits per heavy atom. The highest BCUT2D eigenvalue weighted by Gasteiger charge is 1.99. The van der Waals surface area contributed by atoms with E-state index in [1.165, 1.54) is 5.57 Å². The Bertz CT molecular complexity index is 245. The van der Waals surface area contributed by atoms with Crippen molar-refractivity contribution in [1.82, 2.24) is 0 Å². The molecule has 1 aliphatic carbocycles. The Labute approximate surface area is 89.1 Å². The molecule has 0 radical (unpaired) electrons. The Hall–Kier alpha value is -0.960. The number of allylic oxidation sites excluding steroid dienone is 4. The maximum Gasteiger partial charge on any atom is 0.0202 e. The fourth-order valence-electron chi connectivity index (χ4n) is 1.11. The van der Waals surface area contributed by atoms with Crippen LogP contribution in [0, 0.1) is 17.8 Å². The van der Waals surface area contributed by atoms with Crippen LogP contribution >= 0.6 is 0 Å². The van der Waals surface area contributed by atoms with Crippen molar-refractivity contribution in [2.75, 3.05) is 0 Å². The van der Waals surface area contributed by atoms with Crippen molar-refractivity contribution in [2.45, 2.75) is 47.0 Å². The van der Waals surface area contributed by atoms with E-state index in [2.05, 4.69) is 43.9 Å². The normalized spacial score (nSPS) is 18.6. The molecule has 0 aliphatic heterocycles. The molecule has 0 heteroatoms. The SMILES string of the molecule is CC.CCCC#CC1=CCC(C)C=C1. The van der Waals surface area contributed by atoms with Gasteiger partial charge < -0.3 is 0 Å². The van der Waals surface area contributed by atoms with Crippen LogP contribution in [0.5, 0.6) is 0 Å². The first kappa shape index (κ1) is 13.0. The van der Waals surface area contributed by atoms with E-state index in [4.69, 9.17) is 0 Å². The maximum atomic E-state index is 3.17. The summed E-state index contributed by atoms with van der Waals surface area (Å²) < 4.78 is 0. The molecule has 14 heavy (non-hydrogen) atoms. The van der Waals surface area contributed by atoms with Gasteiger partial charge in [-0.05, 0) is 18.8 Å². The van der Waals surface area contributed by atoms with Gasteiger partial charge in [0.25, 0.3) is 0 Å². The standard InChI is InChI=1S/C12H16.C2H6/c1-3-4-5-6-12-9-7-11(2)8-10-12;1-2/h7,9-11H,3-4,8H2,1-2H3;1-2H3. The van der Waals surface area contributed by atoms with E-state index in [1.54, 1.807) is 0 Å². The van der Waals surface area contributed by atoms with Crippen LogP contribution < -0.4 is 0 Å².